The zero-order chi connectivity index (χ0) is 17.9. The van der Waals surface area contributed by atoms with Gasteiger partial charge >= 0.3 is 35.5 Å². The number of aromatic nitrogens is 4. The van der Waals surface area contributed by atoms with Gasteiger partial charge < -0.3 is 34.7 Å². The molecule has 2 heterocycles. The Morgan fingerprint density at radius 2 is 1.76 bits per heavy atom. The van der Waals surface area contributed by atoms with Crippen LogP contribution >= 0.6 is 35.0 Å². The quantitative estimate of drug-likeness (QED) is 0.155. The number of anilines is 2. The Labute approximate surface area is 217 Å². The number of ether oxygens (including phenoxy) is 1. The standard InChI is InChI=1S/C9H12ClN3O2S.C4H3ClN3.3CH4.Na.H2S/c1-2-15-7(14)3-4-16-9-8(11)13-6(10)5-12-9;5-3-1-7-2-4(6)8-3;;;;;/h5H,2-4H2,1H3,(H2,11,13);1H,(H2,6,8);3*1H4;;1H2/q;-1;;;;+1;/p-1. The molecule has 8 nitrogen and oxygen atoms in total. The van der Waals surface area contributed by atoms with Crippen molar-refractivity contribution >= 4 is 66.1 Å². The van der Waals surface area contributed by atoms with Crippen LogP contribution in [-0.2, 0) is 23.0 Å². The van der Waals surface area contributed by atoms with E-state index in [1.807, 2.05) is 0 Å². The predicted octanol–water partition coefficient (Wildman–Crippen LogP) is 0.912. The van der Waals surface area contributed by atoms with Crippen LogP contribution in [0, 0.1) is 6.20 Å². The van der Waals surface area contributed by atoms with Gasteiger partial charge in [0.05, 0.1) is 24.4 Å². The molecule has 4 N–H and O–H groups in total. The molecule has 0 saturated carbocycles. The summed E-state index contributed by atoms with van der Waals surface area (Å²) in [5, 5.41) is 1.13. The maximum Gasteiger partial charge on any atom is 1.00 e. The second kappa shape index (κ2) is 22.2. The molecule has 0 radical (unpaired) electrons. The molecular formula is C16H28Cl2N6NaO2S2-. The first-order valence-electron chi connectivity index (χ1n) is 6.64. The maximum absolute atomic E-state index is 11.0. The smallest absolute Gasteiger partial charge is 0.813 e. The summed E-state index contributed by atoms with van der Waals surface area (Å²) in [6, 6.07) is 0. The zero-order valence-electron chi connectivity index (χ0n) is 14.1. The summed E-state index contributed by atoms with van der Waals surface area (Å²) in [7, 11) is 0. The van der Waals surface area contributed by atoms with E-state index in [2.05, 4.69) is 26.1 Å². The first-order chi connectivity index (χ1) is 11.4. The van der Waals surface area contributed by atoms with Gasteiger partial charge in [0.2, 0.25) is 0 Å². The van der Waals surface area contributed by atoms with E-state index in [0.29, 0.717) is 29.0 Å². The van der Waals surface area contributed by atoms with Crippen LogP contribution in [0.25, 0.3) is 0 Å². The monoisotopic (exact) mass is 493 g/mol. The molecule has 0 saturated heterocycles. The topological polar surface area (TPSA) is 130 Å². The van der Waals surface area contributed by atoms with Gasteiger partial charge in [-0.3, -0.25) is 9.78 Å². The second-order valence-corrected chi connectivity index (χ2v) is 5.83. The van der Waals surface area contributed by atoms with Crippen LogP contribution < -0.4 is 41.0 Å². The van der Waals surface area contributed by atoms with Crippen LogP contribution in [0.1, 0.15) is 35.6 Å². The largest absolute Gasteiger partial charge is 1.00 e. The number of hydrogen-bond donors (Lipinski definition) is 2. The molecule has 0 atom stereocenters. The van der Waals surface area contributed by atoms with Crippen LogP contribution in [0.3, 0.4) is 0 Å². The Morgan fingerprint density at radius 1 is 1.17 bits per heavy atom. The van der Waals surface area contributed by atoms with Gasteiger partial charge in [0.25, 0.3) is 0 Å². The van der Waals surface area contributed by atoms with Gasteiger partial charge in [-0.1, -0.05) is 51.7 Å². The van der Waals surface area contributed by atoms with E-state index in [-0.39, 0.29) is 88.1 Å². The van der Waals surface area contributed by atoms with Crippen molar-refractivity contribution in [1.82, 2.24) is 19.9 Å². The summed E-state index contributed by atoms with van der Waals surface area (Å²) in [6.07, 6.45) is 5.52. The minimum atomic E-state index is -0.226. The molecular weight excluding hydrogens is 466 g/mol. The summed E-state index contributed by atoms with van der Waals surface area (Å²) >= 11 is 12.3. The van der Waals surface area contributed by atoms with E-state index < -0.39 is 0 Å². The Balaban J connectivity index is -0.000000129. The van der Waals surface area contributed by atoms with Crippen molar-refractivity contribution in [1.29, 1.82) is 0 Å². The molecule has 0 spiro atoms. The van der Waals surface area contributed by atoms with Crippen LogP contribution in [-0.4, -0.2) is 38.3 Å². The second-order valence-electron chi connectivity index (χ2n) is 3.98. The average molecular weight is 494 g/mol. The van der Waals surface area contributed by atoms with E-state index in [9.17, 15) is 4.79 Å². The Bertz CT molecular complexity index is 672. The third-order valence-corrected chi connectivity index (χ3v) is 3.52. The van der Waals surface area contributed by atoms with Crippen molar-refractivity contribution in [3.8, 4) is 0 Å². The number of nitrogens with zero attached hydrogens (tertiary/aromatic N) is 4. The van der Waals surface area contributed by atoms with Gasteiger partial charge in [-0.25, -0.2) is 9.97 Å². The number of rotatable bonds is 5. The Kier molecular flexibility index (Phi) is 29.9. The summed E-state index contributed by atoms with van der Waals surface area (Å²) in [5.41, 5.74) is 10.7. The van der Waals surface area contributed by atoms with Crippen molar-refractivity contribution in [2.75, 3.05) is 23.8 Å². The Morgan fingerprint density at radius 3 is 2.21 bits per heavy atom. The van der Waals surface area contributed by atoms with E-state index in [1.54, 1.807) is 6.92 Å². The van der Waals surface area contributed by atoms with Crippen LogP contribution in [0.5, 0.6) is 0 Å². The van der Waals surface area contributed by atoms with Crippen LogP contribution in [0.15, 0.2) is 17.4 Å². The SMILES string of the molecule is C.C.C.CCOC(=O)CCSc1ncc(Cl)nc1N.Nc1[c-]ncc(Cl)n1.[Na+].[SH-]. The first-order valence-corrected chi connectivity index (χ1v) is 8.38. The van der Waals surface area contributed by atoms with E-state index in [4.69, 9.17) is 39.4 Å². The molecule has 0 aliphatic carbocycles. The normalized spacial score (nSPS) is 8.10. The summed E-state index contributed by atoms with van der Waals surface area (Å²) in [6.45, 7) is 2.17. The number of carbonyl (C=O) groups is 1. The zero-order valence-corrected chi connectivity index (χ0v) is 19.4. The van der Waals surface area contributed by atoms with E-state index in [0.717, 1.165) is 0 Å². The van der Waals surface area contributed by atoms with Crippen molar-refractivity contribution < 1.29 is 39.1 Å². The molecule has 0 aliphatic rings. The number of thioether (sulfide) groups is 1. The summed E-state index contributed by atoms with van der Waals surface area (Å²) < 4.78 is 4.79. The summed E-state index contributed by atoms with van der Waals surface area (Å²) in [5.74, 6) is 0.827. The molecule has 162 valence electrons. The minimum absolute atomic E-state index is 0. The third-order valence-electron chi connectivity index (χ3n) is 2.16. The molecule has 0 amide bonds. The number of carbonyl (C=O) groups excluding carboxylic acids is 1. The fourth-order valence-corrected chi connectivity index (χ4v) is 2.33. The molecule has 0 bridgehead atoms. The maximum atomic E-state index is 11.0. The van der Waals surface area contributed by atoms with Gasteiger partial charge in [0.1, 0.15) is 10.2 Å². The number of nitrogen functional groups attached to an aromatic ring is 2. The van der Waals surface area contributed by atoms with Gasteiger partial charge in [0.15, 0.2) is 5.82 Å². The van der Waals surface area contributed by atoms with Crippen molar-refractivity contribution in [2.24, 2.45) is 0 Å². The van der Waals surface area contributed by atoms with Gasteiger partial charge in [0, 0.05) is 11.6 Å². The molecule has 2 rings (SSSR count). The molecule has 2 aromatic rings. The molecule has 13 heteroatoms. The molecule has 0 unspecified atom stereocenters. The number of thiol groups is 1. The van der Waals surface area contributed by atoms with Crippen molar-refractivity contribution in [3.05, 3.63) is 28.9 Å². The molecule has 0 fully saturated rings. The Hall–Kier alpha value is -0.490. The third kappa shape index (κ3) is 18.0. The minimum Gasteiger partial charge on any atom is -0.813 e. The fraction of sp³-hybridized carbons (Fsp3) is 0.438. The van der Waals surface area contributed by atoms with Crippen LogP contribution in [0.4, 0.5) is 11.6 Å². The van der Waals surface area contributed by atoms with E-state index in [1.165, 1.54) is 24.2 Å². The molecule has 2 aromatic heterocycles. The number of esters is 1. The first kappa shape index (κ1) is 39.0. The molecule has 0 aliphatic heterocycles. The fourth-order valence-electron chi connectivity index (χ4n) is 1.27. The number of hydrogen-bond acceptors (Lipinski definition) is 10. The number of nitrogens with two attached hydrogens (primary N) is 2. The van der Waals surface area contributed by atoms with Gasteiger partial charge in [-0.05, 0) is 6.92 Å². The van der Waals surface area contributed by atoms with Crippen molar-refractivity contribution in [2.45, 2.75) is 40.7 Å². The summed E-state index contributed by atoms with van der Waals surface area (Å²) in [4.78, 5) is 26.0. The number of halogens is 2. The van der Waals surface area contributed by atoms with Gasteiger partial charge in [-0.2, -0.15) is 0 Å². The average Bonchev–Trinajstić information content (AvgIpc) is 2.50. The molecule has 29 heavy (non-hydrogen) atoms. The van der Waals surface area contributed by atoms with Crippen molar-refractivity contribution in [3.63, 3.8) is 0 Å². The predicted molar refractivity (Wildman–Crippen MR) is 123 cm³/mol. The van der Waals surface area contributed by atoms with Gasteiger partial charge in [-0.15, -0.1) is 18.0 Å². The molecule has 0 aromatic carbocycles. The van der Waals surface area contributed by atoms with Crippen LogP contribution in [0.2, 0.25) is 10.3 Å². The van der Waals surface area contributed by atoms with E-state index >= 15 is 0 Å².